The highest BCUT2D eigenvalue weighted by molar-refractivity contribution is 6.34. The number of hydrogen-bond acceptors (Lipinski definition) is 4. The number of fused-ring (bicyclic) bond motifs is 2. The van der Waals surface area contributed by atoms with Crippen molar-refractivity contribution in [2.75, 3.05) is 18.4 Å². The smallest absolute Gasteiger partial charge is 0.139 e. The van der Waals surface area contributed by atoms with Crippen LogP contribution in [0.2, 0.25) is 5.02 Å². The maximum atomic E-state index is 6.49. The maximum Gasteiger partial charge on any atom is 0.139 e. The van der Waals surface area contributed by atoms with E-state index in [-0.39, 0.29) is 0 Å². The van der Waals surface area contributed by atoms with Gasteiger partial charge < -0.3 is 15.6 Å². The van der Waals surface area contributed by atoms with Gasteiger partial charge in [0.05, 0.1) is 28.8 Å². The Labute approximate surface area is 151 Å². The van der Waals surface area contributed by atoms with Crippen LogP contribution in [-0.2, 0) is 7.05 Å². The topological polar surface area (TPSA) is 70.6 Å². The van der Waals surface area contributed by atoms with Gasteiger partial charge in [-0.2, -0.15) is 5.10 Å². The van der Waals surface area contributed by atoms with Crippen molar-refractivity contribution in [1.29, 1.82) is 0 Å². The van der Waals surface area contributed by atoms with Crippen LogP contribution in [0.1, 0.15) is 12.8 Å². The van der Waals surface area contributed by atoms with Crippen molar-refractivity contribution in [3.8, 4) is 11.3 Å². The van der Waals surface area contributed by atoms with Gasteiger partial charge in [-0.15, -0.1) is 0 Å². The van der Waals surface area contributed by atoms with Crippen LogP contribution < -0.4 is 10.6 Å². The van der Waals surface area contributed by atoms with Crippen molar-refractivity contribution in [3.63, 3.8) is 0 Å². The average Bonchev–Trinajstić information content (AvgIpc) is 3.32. The highest BCUT2D eigenvalue weighted by Gasteiger charge is 2.37. The van der Waals surface area contributed by atoms with Gasteiger partial charge in [-0.1, -0.05) is 11.6 Å². The lowest BCUT2D eigenvalue weighted by atomic mass is 10.0. The van der Waals surface area contributed by atoms with Gasteiger partial charge in [-0.25, -0.2) is 4.98 Å². The fourth-order valence-electron chi connectivity index (χ4n) is 4.40. The normalized spacial score (nSPS) is 25.6. The van der Waals surface area contributed by atoms with Gasteiger partial charge in [-0.3, -0.25) is 4.68 Å². The summed E-state index contributed by atoms with van der Waals surface area (Å²) in [7, 11) is 1.92. The predicted octanol–water partition coefficient (Wildman–Crippen LogP) is 3.03. The molecule has 1 aliphatic carbocycles. The number of nitrogens with zero attached hydrogens (tertiary/aromatic N) is 3. The molecule has 2 aliphatic rings. The van der Waals surface area contributed by atoms with E-state index in [1.807, 2.05) is 19.4 Å². The van der Waals surface area contributed by atoms with Crippen molar-refractivity contribution >= 4 is 28.3 Å². The molecule has 1 aliphatic heterocycles. The van der Waals surface area contributed by atoms with Crippen LogP contribution in [0.15, 0.2) is 24.7 Å². The fourth-order valence-corrected chi connectivity index (χ4v) is 4.61. The van der Waals surface area contributed by atoms with Gasteiger partial charge >= 0.3 is 0 Å². The number of hydrogen-bond donors (Lipinski definition) is 3. The molecule has 7 heteroatoms. The molecular weight excluding hydrogens is 336 g/mol. The Balaban J connectivity index is 1.49. The Hall–Kier alpha value is -2.05. The molecule has 6 nitrogen and oxygen atoms in total. The second-order valence-electron chi connectivity index (χ2n) is 7.32. The van der Waals surface area contributed by atoms with E-state index in [1.54, 1.807) is 10.9 Å². The number of aryl methyl sites for hydroxylation is 1. The molecular formula is C18H21ClN6. The van der Waals surface area contributed by atoms with E-state index in [9.17, 15) is 0 Å². The first kappa shape index (κ1) is 15.2. The summed E-state index contributed by atoms with van der Waals surface area (Å²) in [4.78, 5) is 7.85. The third-order valence-corrected chi connectivity index (χ3v) is 5.92. The third-order valence-electron chi connectivity index (χ3n) is 5.63. The molecule has 1 saturated carbocycles. The average molecular weight is 357 g/mol. The number of anilines is 1. The van der Waals surface area contributed by atoms with Crippen molar-refractivity contribution < 1.29 is 0 Å². The van der Waals surface area contributed by atoms with E-state index >= 15 is 0 Å². The van der Waals surface area contributed by atoms with Crippen LogP contribution in [0.5, 0.6) is 0 Å². The standard InChI is InChI=1S/C18H21ClN6/c1-25-9-12(7-22-25)16-4-14-17(15(19)8-21-18(14)24-16)23-13-2-10-5-20-6-11(10)3-13/h4,7-11,13,20H,2-3,5-6H2,1H3,(H2,21,23,24). The molecule has 3 aromatic rings. The van der Waals surface area contributed by atoms with Crippen molar-refractivity contribution in [3.05, 3.63) is 29.7 Å². The monoisotopic (exact) mass is 356 g/mol. The summed E-state index contributed by atoms with van der Waals surface area (Å²) in [6.45, 7) is 2.30. The number of aromatic amines is 1. The minimum Gasteiger partial charge on any atom is -0.380 e. The summed E-state index contributed by atoms with van der Waals surface area (Å²) in [5.41, 5.74) is 3.90. The van der Waals surface area contributed by atoms with Crippen molar-refractivity contribution in [1.82, 2.24) is 25.1 Å². The molecule has 0 amide bonds. The van der Waals surface area contributed by atoms with Crippen LogP contribution in [-0.4, -0.2) is 38.9 Å². The molecule has 3 N–H and O–H groups in total. The summed E-state index contributed by atoms with van der Waals surface area (Å²) in [6.07, 6.45) is 7.98. The Morgan fingerprint density at radius 2 is 2.04 bits per heavy atom. The first-order valence-corrected chi connectivity index (χ1v) is 9.18. The van der Waals surface area contributed by atoms with E-state index in [0.717, 1.165) is 52.9 Å². The lowest BCUT2D eigenvalue weighted by Gasteiger charge is -2.17. The molecule has 1 saturated heterocycles. The van der Waals surface area contributed by atoms with Crippen LogP contribution in [0.3, 0.4) is 0 Å². The van der Waals surface area contributed by atoms with Crippen LogP contribution >= 0.6 is 11.6 Å². The van der Waals surface area contributed by atoms with Crippen molar-refractivity contribution in [2.45, 2.75) is 18.9 Å². The zero-order valence-corrected chi connectivity index (χ0v) is 14.8. The Kier molecular flexibility index (Phi) is 3.50. The van der Waals surface area contributed by atoms with E-state index in [4.69, 9.17) is 11.6 Å². The SMILES string of the molecule is Cn1cc(-c2cc3c(NC4CC5CNCC5C4)c(Cl)cnc3[nH]2)cn1. The lowest BCUT2D eigenvalue weighted by molar-refractivity contribution is 0.494. The second-order valence-corrected chi connectivity index (χ2v) is 7.73. The summed E-state index contributed by atoms with van der Waals surface area (Å²) in [6, 6.07) is 2.60. The Bertz CT molecular complexity index is 917. The summed E-state index contributed by atoms with van der Waals surface area (Å²) in [5.74, 6) is 1.59. The first-order valence-electron chi connectivity index (χ1n) is 8.81. The van der Waals surface area contributed by atoms with E-state index in [0.29, 0.717) is 11.1 Å². The summed E-state index contributed by atoms with van der Waals surface area (Å²) in [5, 5.41) is 13.2. The molecule has 2 atom stereocenters. The van der Waals surface area contributed by atoms with Gasteiger partial charge in [0.15, 0.2) is 0 Å². The molecule has 4 heterocycles. The number of pyridine rings is 1. The third kappa shape index (κ3) is 2.60. The number of H-pyrrole nitrogens is 1. The van der Waals surface area contributed by atoms with Gasteiger partial charge in [0.25, 0.3) is 0 Å². The number of aromatic nitrogens is 4. The number of nitrogens with one attached hydrogen (secondary N) is 3. The van der Waals surface area contributed by atoms with E-state index in [2.05, 4.69) is 31.8 Å². The minimum atomic E-state index is 0.483. The molecule has 130 valence electrons. The number of rotatable bonds is 3. The molecule has 2 unspecified atom stereocenters. The highest BCUT2D eigenvalue weighted by Crippen LogP contribution is 2.39. The zero-order valence-electron chi connectivity index (χ0n) is 14.1. The molecule has 25 heavy (non-hydrogen) atoms. The molecule has 5 rings (SSSR count). The minimum absolute atomic E-state index is 0.483. The quantitative estimate of drug-likeness (QED) is 0.674. The molecule has 0 spiro atoms. The molecule has 3 aromatic heterocycles. The number of halogens is 1. The molecule has 0 aromatic carbocycles. The molecule has 0 radical (unpaired) electrons. The van der Waals surface area contributed by atoms with Gasteiger partial charge in [0, 0.05) is 30.2 Å². The summed E-state index contributed by atoms with van der Waals surface area (Å²) < 4.78 is 1.80. The first-order chi connectivity index (χ1) is 12.2. The largest absolute Gasteiger partial charge is 0.380 e. The van der Waals surface area contributed by atoms with E-state index in [1.165, 1.54) is 12.8 Å². The van der Waals surface area contributed by atoms with Gasteiger partial charge in [-0.05, 0) is 43.8 Å². The molecule has 0 bridgehead atoms. The van der Waals surface area contributed by atoms with Crippen molar-refractivity contribution in [2.24, 2.45) is 18.9 Å². The maximum absolute atomic E-state index is 6.49. The predicted molar refractivity (Wildman–Crippen MR) is 99.8 cm³/mol. The van der Waals surface area contributed by atoms with Crippen LogP contribution in [0, 0.1) is 11.8 Å². The van der Waals surface area contributed by atoms with Crippen LogP contribution in [0.4, 0.5) is 5.69 Å². The zero-order chi connectivity index (χ0) is 17.0. The van der Waals surface area contributed by atoms with Gasteiger partial charge in [0.2, 0.25) is 0 Å². The van der Waals surface area contributed by atoms with Gasteiger partial charge in [0.1, 0.15) is 5.65 Å². The molecule has 2 fully saturated rings. The van der Waals surface area contributed by atoms with Crippen LogP contribution in [0.25, 0.3) is 22.3 Å². The Morgan fingerprint density at radius 3 is 2.76 bits per heavy atom. The summed E-state index contributed by atoms with van der Waals surface area (Å²) >= 11 is 6.49. The highest BCUT2D eigenvalue weighted by atomic mass is 35.5. The second kappa shape index (κ2) is 5.75. The van der Waals surface area contributed by atoms with E-state index < -0.39 is 0 Å². The lowest BCUT2D eigenvalue weighted by Crippen LogP contribution is -2.20. The Morgan fingerprint density at radius 1 is 1.24 bits per heavy atom. The fraction of sp³-hybridized carbons (Fsp3) is 0.444.